The number of aromatic nitrogens is 3. The zero-order valence-corrected chi connectivity index (χ0v) is 21.9. The lowest BCUT2D eigenvalue weighted by molar-refractivity contribution is 0.0697. The molecule has 0 spiro atoms. The van der Waals surface area contributed by atoms with Gasteiger partial charge in [-0.15, -0.1) is 0 Å². The van der Waals surface area contributed by atoms with Crippen molar-refractivity contribution in [3.8, 4) is 11.1 Å². The summed E-state index contributed by atoms with van der Waals surface area (Å²) < 4.78 is 3.48. The second kappa shape index (κ2) is 14.4. The fourth-order valence-corrected chi connectivity index (χ4v) is 4.62. The first kappa shape index (κ1) is 27.4. The second-order valence-corrected chi connectivity index (χ2v) is 9.63. The van der Waals surface area contributed by atoms with E-state index in [0.717, 1.165) is 49.1 Å². The number of hydrogen-bond donors (Lipinski definition) is 1. The quantitative estimate of drug-likeness (QED) is 0.220. The van der Waals surface area contributed by atoms with Crippen LogP contribution in [-0.2, 0) is 19.5 Å². The van der Waals surface area contributed by atoms with Crippen LogP contribution >= 0.6 is 0 Å². The van der Waals surface area contributed by atoms with Crippen molar-refractivity contribution in [2.45, 2.75) is 97.6 Å². The third-order valence-electron chi connectivity index (χ3n) is 6.74. The standard InChI is InChI=1S/C30H41N3O3/c1-3-5-7-9-10-11-17-28-31-33(22-14-8-6-4-2)30(36)32(28)23-24-18-20-25(21-19-24)26-15-12-13-16-27(26)29(34)35/h12-13,15-16,18-21H,3-11,14,17,22-23H2,1-2H3,(H,34,35). The summed E-state index contributed by atoms with van der Waals surface area (Å²) in [6.07, 6.45) is 12.5. The Kier molecular flexibility index (Phi) is 11.0. The van der Waals surface area contributed by atoms with Crippen molar-refractivity contribution in [2.24, 2.45) is 0 Å². The van der Waals surface area contributed by atoms with Gasteiger partial charge in [-0.25, -0.2) is 14.3 Å². The van der Waals surface area contributed by atoms with Crippen molar-refractivity contribution in [2.75, 3.05) is 0 Å². The van der Waals surface area contributed by atoms with Gasteiger partial charge in [0.25, 0.3) is 0 Å². The Hall–Kier alpha value is -3.15. The first-order valence-corrected chi connectivity index (χ1v) is 13.6. The van der Waals surface area contributed by atoms with Gasteiger partial charge in [-0.1, -0.05) is 108 Å². The van der Waals surface area contributed by atoms with E-state index in [1.54, 1.807) is 16.8 Å². The average molecular weight is 492 g/mol. The number of hydrogen-bond acceptors (Lipinski definition) is 3. The molecule has 3 aromatic rings. The van der Waals surface area contributed by atoms with Gasteiger partial charge in [0.2, 0.25) is 0 Å². The number of carbonyl (C=O) groups is 1. The van der Waals surface area contributed by atoms with Crippen molar-refractivity contribution in [1.29, 1.82) is 0 Å². The number of aryl methyl sites for hydroxylation is 2. The van der Waals surface area contributed by atoms with E-state index >= 15 is 0 Å². The minimum Gasteiger partial charge on any atom is -0.478 e. The van der Waals surface area contributed by atoms with Crippen LogP contribution in [0.3, 0.4) is 0 Å². The van der Waals surface area contributed by atoms with E-state index in [0.29, 0.717) is 18.7 Å². The van der Waals surface area contributed by atoms with Crippen LogP contribution in [0, 0.1) is 0 Å². The molecule has 3 rings (SSSR count). The molecule has 6 heteroatoms. The summed E-state index contributed by atoms with van der Waals surface area (Å²) >= 11 is 0. The fourth-order valence-electron chi connectivity index (χ4n) is 4.62. The zero-order valence-electron chi connectivity index (χ0n) is 21.9. The van der Waals surface area contributed by atoms with Gasteiger partial charge in [0.05, 0.1) is 12.1 Å². The van der Waals surface area contributed by atoms with E-state index in [2.05, 4.69) is 13.8 Å². The van der Waals surface area contributed by atoms with E-state index in [4.69, 9.17) is 5.10 Å². The molecule has 0 bridgehead atoms. The number of carboxylic acid groups (broad SMARTS) is 1. The maximum absolute atomic E-state index is 13.2. The van der Waals surface area contributed by atoms with Crippen LogP contribution < -0.4 is 5.69 Å². The molecule has 1 N–H and O–H groups in total. The van der Waals surface area contributed by atoms with E-state index < -0.39 is 5.97 Å². The molecule has 194 valence electrons. The number of nitrogens with zero attached hydrogens (tertiary/aromatic N) is 3. The third-order valence-corrected chi connectivity index (χ3v) is 6.74. The number of aromatic carboxylic acids is 1. The molecule has 0 atom stereocenters. The molecule has 6 nitrogen and oxygen atoms in total. The highest BCUT2D eigenvalue weighted by Gasteiger charge is 2.15. The molecule has 0 aliphatic carbocycles. The number of carboxylic acids is 1. The highest BCUT2D eigenvalue weighted by Crippen LogP contribution is 2.24. The van der Waals surface area contributed by atoms with Gasteiger partial charge >= 0.3 is 11.7 Å². The SMILES string of the molecule is CCCCCCCCc1nn(CCCCCC)c(=O)n1Cc1ccc(-c2ccccc2C(=O)O)cc1. The summed E-state index contributed by atoms with van der Waals surface area (Å²) in [6.45, 7) is 5.55. The minimum atomic E-state index is -0.938. The Labute approximate surface area is 215 Å². The van der Waals surface area contributed by atoms with Crippen LogP contribution in [0.1, 0.15) is 99.8 Å². The Bertz CT molecular complexity index is 1140. The number of rotatable bonds is 16. The summed E-state index contributed by atoms with van der Waals surface area (Å²) in [7, 11) is 0. The van der Waals surface area contributed by atoms with Crippen molar-refractivity contribution in [1.82, 2.24) is 14.3 Å². The summed E-state index contributed by atoms with van der Waals surface area (Å²) in [6, 6.07) is 14.9. The normalized spacial score (nSPS) is 11.2. The third kappa shape index (κ3) is 7.67. The monoisotopic (exact) mass is 491 g/mol. The van der Waals surface area contributed by atoms with Crippen LogP contribution in [-0.4, -0.2) is 25.4 Å². The number of benzene rings is 2. The van der Waals surface area contributed by atoms with Crippen LogP contribution in [0.15, 0.2) is 53.3 Å². The highest BCUT2D eigenvalue weighted by atomic mass is 16.4. The summed E-state index contributed by atoms with van der Waals surface area (Å²) in [5.41, 5.74) is 2.80. The van der Waals surface area contributed by atoms with Gasteiger partial charge in [0, 0.05) is 13.0 Å². The predicted octanol–water partition coefficient (Wildman–Crippen LogP) is 6.94. The van der Waals surface area contributed by atoms with E-state index in [9.17, 15) is 14.7 Å². The summed E-state index contributed by atoms with van der Waals surface area (Å²) in [5, 5.41) is 14.3. The Balaban J connectivity index is 1.76. The van der Waals surface area contributed by atoms with Gasteiger partial charge in [-0.2, -0.15) is 5.10 Å². The smallest absolute Gasteiger partial charge is 0.346 e. The van der Waals surface area contributed by atoms with Crippen LogP contribution in [0.25, 0.3) is 11.1 Å². The highest BCUT2D eigenvalue weighted by molar-refractivity contribution is 5.95. The molecule has 0 aliphatic heterocycles. The predicted molar refractivity (Wildman–Crippen MR) is 146 cm³/mol. The van der Waals surface area contributed by atoms with E-state index in [-0.39, 0.29) is 11.3 Å². The molecular formula is C30H41N3O3. The average Bonchev–Trinajstić information content (AvgIpc) is 3.18. The first-order chi connectivity index (χ1) is 17.5. The number of unbranched alkanes of at least 4 members (excludes halogenated alkanes) is 8. The topological polar surface area (TPSA) is 77.1 Å². The van der Waals surface area contributed by atoms with E-state index in [1.807, 2.05) is 41.0 Å². The van der Waals surface area contributed by atoms with Gasteiger partial charge in [-0.05, 0) is 35.6 Å². The van der Waals surface area contributed by atoms with Gasteiger partial charge in [-0.3, -0.25) is 4.57 Å². The molecule has 1 heterocycles. The molecule has 0 amide bonds. The molecule has 36 heavy (non-hydrogen) atoms. The summed E-state index contributed by atoms with van der Waals surface area (Å²) in [4.78, 5) is 24.8. The van der Waals surface area contributed by atoms with Crippen molar-refractivity contribution >= 4 is 5.97 Å². The zero-order chi connectivity index (χ0) is 25.8. The van der Waals surface area contributed by atoms with Gasteiger partial charge in [0.1, 0.15) is 5.82 Å². The lowest BCUT2D eigenvalue weighted by Crippen LogP contribution is -2.26. The van der Waals surface area contributed by atoms with Gasteiger partial charge < -0.3 is 5.11 Å². The van der Waals surface area contributed by atoms with Crippen molar-refractivity contribution < 1.29 is 9.90 Å². The van der Waals surface area contributed by atoms with Gasteiger partial charge in [0.15, 0.2) is 0 Å². The second-order valence-electron chi connectivity index (χ2n) is 9.63. The lowest BCUT2D eigenvalue weighted by Gasteiger charge is -2.09. The van der Waals surface area contributed by atoms with Crippen LogP contribution in [0.4, 0.5) is 0 Å². The Morgan fingerprint density at radius 2 is 1.47 bits per heavy atom. The fraction of sp³-hybridized carbons (Fsp3) is 0.500. The molecular weight excluding hydrogens is 450 g/mol. The lowest BCUT2D eigenvalue weighted by atomic mass is 9.99. The molecule has 0 unspecified atom stereocenters. The molecule has 0 radical (unpaired) electrons. The summed E-state index contributed by atoms with van der Waals surface area (Å²) in [5.74, 6) is -0.0711. The first-order valence-electron chi connectivity index (χ1n) is 13.6. The Morgan fingerprint density at radius 3 is 2.17 bits per heavy atom. The molecule has 0 saturated carbocycles. The maximum Gasteiger partial charge on any atom is 0.346 e. The van der Waals surface area contributed by atoms with Crippen LogP contribution in [0.2, 0.25) is 0 Å². The maximum atomic E-state index is 13.2. The van der Waals surface area contributed by atoms with Crippen LogP contribution in [0.5, 0.6) is 0 Å². The largest absolute Gasteiger partial charge is 0.478 e. The minimum absolute atomic E-state index is 0.0345. The molecule has 2 aromatic carbocycles. The molecule has 1 aromatic heterocycles. The van der Waals surface area contributed by atoms with Crippen molar-refractivity contribution in [3.05, 3.63) is 76.0 Å². The Morgan fingerprint density at radius 1 is 0.833 bits per heavy atom. The molecule has 0 aliphatic rings. The van der Waals surface area contributed by atoms with E-state index in [1.165, 1.54) is 38.5 Å². The molecule has 0 saturated heterocycles. The molecule has 0 fully saturated rings. The van der Waals surface area contributed by atoms with Crippen molar-refractivity contribution in [3.63, 3.8) is 0 Å².